The molecule has 3 nitrogen and oxygen atoms in total. The van der Waals surface area contributed by atoms with Crippen LogP contribution in [0.15, 0.2) is 43.0 Å². The second-order valence-electron chi connectivity index (χ2n) is 5.26. The van der Waals surface area contributed by atoms with Crippen molar-refractivity contribution in [2.75, 3.05) is 11.6 Å². The minimum atomic E-state index is -0.105. The summed E-state index contributed by atoms with van der Waals surface area (Å²) in [5, 5.41) is 2.81. The van der Waals surface area contributed by atoms with Gasteiger partial charge in [0.25, 0.3) is 5.24 Å². The van der Waals surface area contributed by atoms with Gasteiger partial charge in [-0.05, 0) is 37.3 Å². The summed E-state index contributed by atoms with van der Waals surface area (Å²) < 4.78 is 5.94. The third kappa shape index (κ3) is 4.39. The number of benzene rings is 2. The van der Waals surface area contributed by atoms with E-state index in [1.165, 1.54) is 5.56 Å². The van der Waals surface area contributed by atoms with Crippen molar-refractivity contribution in [2.24, 2.45) is 0 Å². The molecule has 1 amide bonds. The summed E-state index contributed by atoms with van der Waals surface area (Å²) in [4.78, 5) is 11.7. The molecule has 0 radical (unpaired) electrons. The zero-order valence-electron chi connectivity index (χ0n) is 13.7. The molecule has 0 aliphatic carbocycles. The Hall–Kier alpha value is -2.20. The fraction of sp³-hybridized carbons (Fsp3) is 0.211. The maximum atomic E-state index is 11.7. The number of hydrogen-bond acceptors (Lipinski definition) is 3. The van der Waals surface area contributed by atoms with Crippen LogP contribution in [0.25, 0.3) is 6.08 Å². The topological polar surface area (TPSA) is 38.3 Å². The number of aryl methyl sites for hydroxylation is 2. The summed E-state index contributed by atoms with van der Waals surface area (Å²) >= 11 is 1.14. The molecule has 23 heavy (non-hydrogen) atoms. The standard InChI is InChI=1S/C19H21NO2S/c1-5-15-7-6-8-16(18(15)20-19(21)23-4)12-22-17-10-9-13(2)11-14(17)3/h5-11H,1,12H2,2-4H3,(H,20,21). The van der Waals surface area contributed by atoms with Crippen LogP contribution >= 0.6 is 11.8 Å². The molecule has 0 heterocycles. The molecule has 0 atom stereocenters. The fourth-order valence-electron chi connectivity index (χ4n) is 2.33. The minimum Gasteiger partial charge on any atom is -0.489 e. The summed E-state index contributed by atoms with van der Waals surface area (Å²) in [5.41, 5.74) is 4.86. The summed E-state index contributed by atoms with van der Waals surface area (Å²) in [6.45, 7) is 8.28. The predicted molar refractivity (Wildman–Crippen MR) is 99.3 cm³/mol. The number of carbonyl (C=O) groups excluding carboxylic acids is 1. The largest absolute Gasteiger partial charge is 0.489 e. The molecule has 2 aromatic carbocycles. The van der Waals surface area contributed by atoms with Crippen LogP contribution in [-0.2, 0) is 6.61 Å². The van der Waals surface area contributed by atoms with Crippen molar-refractivity contribution in [1.82, 2.24) is 0 Å². The first kappa shape index (κ1) is 17.2. The van der Waals surface area contributed by atoms with Crippen molar-refractivity contribution < 1.29 is 9.53 Å². The van der Waals surface area contributed by atoms with Gasteiger partial charge in [0.2, 0.25) is 0 Å². The molecule has 0 saturated heterocycles. The first-order chi connectivity index (χ1) is 11.0. The normalized spacial score (nSPS) is 10.2. The molecule has 0 saturated carbocycles. The SMILES string of the molecule is C=Cc1cccc(COc2ccc(C)cc2C)c1NC(=O)SC. The highest BCUT2D eigenvalue weighted by atomic mass is 32.2. The van der Waals surface area contributed by atoms with Crippen LogP contribution in [0.1, 0.15) is 22.3 Å². The third-order valence-electron chi connectivity index (χ3n) is 3.53. The minimum absolute atomic E-state index is 0.105. The molecule has 0 unspecified atom stereocenters. The number of nitrogens with one attached hydrogen (secondary N) is 1. The van der Waals surface area contributed by atoms with E-state index in [0.29, 0.717) is 6.61 Å². The van der Waals surface area contributed by atoms with Crippen LogP contribution in [-0.4, -0.2) is 11.5 Å². The molecule has 0 aliphatic heterocycles. The monoisotopic (exact) mass is 327 g/mol. The molecule has 4 heteroatoms. The highest BCUT2D eigenvalue weighted by Crippen LogP contribution is 2.26. The van der Waals surface area contributed by atoms with Gasteiger partial charge in [-0.3, -0.25) is 4.79 Å². The Bertz CT molecular complexity index is 725. The first-order valence-corrected chi connectivity index (χ1v) is 8.57. The van der Waals surface area contributed by atoms with Gasteiger partial charge in [-0.15, -0.1) is 0 Å². The van der Waals surface area contributed by atoms with Crippen LogP contribution in [0.4, 0.5) is 10.5 Å². The van der Waals surface area contributed by atoms with E-state index in [1.54, 1.807) is 12.3 Å². The van der Waals surface area contributed by atoms with Gasteiger partial charge in [-0.2, -0.15) is 0 Å². The molecule has 0 aromatic heterocycles. The molecule has 0 bridgehead atoms. The Balaban J connectivity index is 2.24. The lowest BCUT2D eigenvalue weighted by atomic mass is 10.1. The van der Waals surface area contributed by atoms with E-state index in [-0.39, 0.29) is 5.24 Å². The van der Waals surface area contributed by atoms with Crippen molar-refractivity contribution in [3.8, 4) is 5.75 Å². The maximum Gasteiger partial charge on any atom is 0.283 e. The van der Waals surface area contributed by atoms with Crippen LogP contribution in [0.2, 0.25) is 0 Å². The summed E-state index contributed by atoms with van der Waals surface area (Å²) in [5.74, 6) is 0.849. The van der Waals surface area contributed by atoms with Crippen LogP contribution in [0, 0.1) is 13.8 Å². The Kier molecular flexibility index (Phi) is 5.88. The van der Waals surface area contributed by atoms with Gasteiger partial charge < -0.3 is 10.1 Å². The quantitative estimate of drug-likeness (QED) is 0.797. The number of rotatable bonds is 5. The summed E-state index contributed by atoms with van der Waals surface area (Å²) in [6.07, 6.45) is 3.48. The van der Waals surface area contributed by atoms with Gasteiger partial charge in [0.15, 0.2) is 0 Å². The van der Waals surface area contributed by atoms with E-state index in [9.17, 15) is 4.79 Å². The Morgan fingerprint density at radius 2 is 2.09 bits per heavy atom. The molecule has 0 aliphatic rings. The summed E-state index contributed by atoms with van der Waals surface area (Å²) in [6, 6.07) is 11.9. The van der Waals surface area contributed by atoms with E-state index in [0.717, 1.165) is 39.9 Å². The van der Waals surface area contributed by atoms with Gasteiger partial charge in [0.1, 0.15) is 12.4 Å². The number of para-hydroxylation sites is 1. The smallest absolute Gasteiger partial charge is 0.283 e. The second kappa shape index (κ2) is 7.88. The average molecular weight is 327 g/mol. The van der Waals surface area contributed by atoms with Gasteiger partial charge in [-0.1, -0.05) is 60.3 Å². The highest BCUT2D eigenvalue weighted by Gasteiger charge is 2.11. The van der Waals surface area contributed by atoms with Crippen LogP contribution in [0.3, 0.4) is 0 Å². The zero-order chi connectivity index (χ0) is 16.8. The zero-order valence-corrected chi connectivity index (χ0v) is 14.5. The number of thioether (sulfide) groups is 1. The molecular weight excluding hydrogens is 306 g/mol. The summed E-state index contributed by atoms with van der Waals surface area (Å²) in [7, 11) is 0. The van der Waals surface area contributed by atoms with Crippen molar-refractivity contribution in [1.29, 1.82) is 0 Å². The van der Waals surface area contributed by atoms with Gasteiger partial charge in [0.05, 0.1) is 5.69 Å². The van der Waals surface area contributed by atoms with Crippen molar-refractivity contribution in [2.45, 2.75) is 20.5 Å². The van der Waals surface area contributed by atoms with E-state index < -0.39 is 0 Å². The lowest BCUT2D eigenvalue weighted by molar-refractivity contribution is 0.269. The Morgan fingerprint density at radius 1 is 1.30 bits per heavy atom. The van der Waals surface area contributed by atoms with Gasteiger partial charge in [-0.25, -0.2) is 0 Å². The fourth-order valence-corrected chi connectivity index (χ4v) is 2.54. The Labute approximate surface area is 141 Å². The molecule has 0 spiro atoms. The molecular formula is C19H21NO2S. The Morgan fingerprint density at radius 3 is 2.74 bits per heavy atom. The lowest BCUT2D eigenvalue weighted by Crippen LogP contribution is -2.10. The van der Waals surface area contributed by atoms with Crippen molar-refractivity contribution in [3.63, 3.8) is 0 Å². The molecule has 0 fully saturated rings. The van der Waals surface area contributed by atoms with Gasteiger partial charge >= 0.3 is 0 Å². The second-order valence-corrected chi connectivity index (χ2v) is 6.04. The van der Waals surface area contributed by atoms with Crippen molar-refractivity contribution in [3.05, 3.63) is 65.2 Å². The predicted octanol–water partition coefficient (Wildman–Crippen LogP) is 5.42. The molecule has 120 valence electrons. The number of carbonyl (C=O) groups is 1. The van der Waals surface area contributed by atoms with E-state index in [2.05, 4.69) is 24.9 Å². The molecule has 2 aromatic rings. The van der Waals surface area contributed by atoms with Crippen LogP contribution in [0.5, 0.6) is 5.75 Å². The van der Waals surface area contributed by atoms with Crippen LogP contribution < -0.4 is 10.1 Å². The number of anilines is 1. The number of ether oxygens (including phenoxy) is 1. The third-order valence-corrected chi connectivity index (χ3v) is 4.00. The van der Waals surface area contributed by atoms with Crippen molar-refractivity contribution >= 4 is 28.8 Å². The van der Waals surface area contributed by atoms with E-state index in [1.807, 2.05) is 37.3 Å². The van der Waals surface area contributed by atoms with E-state index >= 15 is 0 Å². The maximum absolute atomic E-state index is 11.7. The van der Waals surface area contributed by atoms with Gasteiger partial charge in [0, 0.05) is 5.56 Å². The highest BCUT2D eigenvalue weighted by molar-refractivity contribution is 8.13. The molecule has 1 N–H and O–H groups in total. The molecule has 2 rings (SSSR count). The number of amides is 1. The van der Waals surface area contributed by atoms with E-state index in [4.69, 9.17) is 4.74 Å². The number of hydrogen-bond donors (Lipinski definition) is 1. The first-order valence-electron chi connectivity index (χ1n) is 7.34. The lowest BCUT2D eigenvalue weighted by Gasteiger charge is -2.15. The average Bonchev–Trinajstić information content (AvgIpc) is 2.54.